The molecule has 126 valence electrons. The van der Waals surface area contributed by atoms with Crippen LogP contribution in [0.25, 0.3) is 0 Å². The molecule has 1 heterocycles. The third-order valence-electron chi connectivity index (χ3n) is 4.85. The Morgan fingerprint density at radius 2 is 1.58 bits per heavy atom. The van der Waals surface area contributed by atoms with E-state index in [2.05, 4.69) is 11.2 Å². The van der Waals surface area contributed by atoms with Gasteiger partial charge in [0.05, 0.1) is 5.69 Å². The second kappa shape index (κ2) is 5.68. The maximum absolute atomic E-state index is 13.3. The number of carbonyl (C=O) groups excluding carboxylic acids is 1. The number of nitrogens with two attached hydrogens (primary N) is 1. The van der Waals surface area contributed by atoms with Crippen molar-refractivity contribution in [3.63, 3.8) is 0 Å². The number of para-hydroxylation sites is 1. The zero-order chi connectivity index (χ0) is 18.3. The largest absolute Gasteiger partial charge is 0.508 e. The van der Waals surface area contributed by atoms with E-state index in [4.69, 9.17) is 12.2 Å². The molecule has 4 nitrogen and oxygen atoms in total. The molecule has 4 N–H and O–H groups in total. The van der Waals surface area contributed by atoms with Crippen LogP contribution in [0.5, 0.6) is 5.75 Å². The number of phenolic OH excluding ortho intramolecular Hbond substituents is 1. The highest BCUT2D eigenvalue weighted by Crippen LogP contribution is 2.48. The van der Waals surface area contributed by atoms with Crippen LogP contribution >= 0.6 is 0 Å². The van der Waals surface area contributed by atoms with Gasteiger partial charge in [0.1, 0.15) is 11.2 Å². The Morgan fingerprint density at radius 3 is 2.19 bits per heavy atom. The van der Waals surface area contributed by atoms with Gasteiger partial charge in [-0.2, -0.15) is 0 Å². The Bertz CT molecular complexity index is 999. The molecular weight excluding hydrogens is 324 g/mol. The minimum atomic E-state index is -1.07. The lowest BCUT2D eigenvalue weighted by atomic mass is 9.70. The fraction of sp³-hybridized carbons (Fsp3) is 0.0455. The third kappa shape index (κ3) is 2.08. The molecule has 0 saturated carbocycles. The number of hydrogen-bond acceptors (Lipinski definition) is 3. The molecule has 0 aromatic heterocycles. The fourth-order valence-electron chi connectivity index (χ4n) is 3.63. The highest BCUT2D eigenvalue weighted by atomic mass is 16.3. The number of benzene rings is 3. The van der Waals surface area contributed by atoms with Crippen LogP contribution < -0.4 is 11.1 Å². The maximum Gasteiger partial charge on any atom is 0.244 e. The number of hydrogen-bond donors (Lipinski definition) is 3. The van der Waals surface area contributed by atoms with E-state index in [1.54, 1.807) is 42.5 Å². The second-order valence-electron chi connectivity index (χ2n) is 6.25. The molecule has 0 saturated heterocycles. The lowest BCUT2D eigenvalue weighted by molar-refractivity contribution is -0.118. The molecule has 1 aliphatic rings. The van der Waals surface area contributed by atoms with Gasteiger partial charge < -0.3 is 16.2 Å². The van der Waals surface area contributed by atoms with Gasteiger partial charge in [0.15, 0.2) is 0 Å². The third-order valence-corrected chi connectivity index (χ3v) is 4.85. The SMILES string of the molecule is C#Cc1cccc2c1NC(=O)C2(c1ccc(N)cc1)c1ccc(O)cc1. The van der Waals surface area contributed by atoms with Crippen LogP contribution in [-0.4, -0.2) is 11.0 Å². The molecule has 1 unspecified atom stereocenters. The topological polar surface area (TPSA) is 75.4 Å². The summed E-state index contributed by atoms with van der Waals surface area (Å²) < 4.78 is 0. The summed E-state index contributed by atoms with van der Waals surface area (Å²) in [6, 6.07) is 19.4. The van der Waals surface area contributed by atoms with E-state index in [0.717, 1.165) is 16.7 Å². The van der Waals surface area contributed by atoms with Gasteiger partial charge in [-0.05, 0) is 41.5 Å². The number of aromatic hydroxyl groups is 1. The summed E-state index contributed by atoms with van der Waals surface area (Å²) in [7, 11) is 0. The van der Waals surface area contributed by atoms with E-state index < -0.39 is 5.41 Å². The summed E-state index contributed by atoms with van der Waals surface area (Å²) in [5.41, 5.74) is 8.97. The number of anilines is 2. The van der Waals surface area contributed by atoms with Crippen molar-refractivity contribution < 1.29 is 9.90 Å². The molecule has 4 rings (SSSR count). The lowest BCUT2D eigenvalue weighted by Crippen LogP contribution is -2.36. The lowest BCUT2D eigenvalue weighted by Gasteiger charge is -2.29. The minimum absolute atomic E-state index is 0.136. The fourth-order valence-corrected chi connectivity index (χ4v) is 3.63. The zero-order valence-corrected chi connectivity index (χ0v) is 13.9. The van der Waals surface area contributed by atoms with Gasteiger partial charge in [-0.15, -0.1) is 6.42 Å². The van der Waals surface area contributed by atoms with E-state index in [1.165, 1.54) is 0 Å². The normalized spacial score (nSPS) is 18.0. The molecule has 0 spiro atoms. The number of terminal acetylenes is 1. The molecule has 3 aromatic rings. The first-order valence-corrected chi connectivity index (χ1v) is 8.14. The molecule has 0 bridgehead atoms. The van der Waals surface area contributed by atoms with E-state index >= 15 is 0 Å². The van der Waals surface area contributed by atoms with Crippen molar-refractivity contribution in [2.45, 2.75) is 5.41 Å². The van der Waals surface area contributed by atoms with Gasteiger partial charge in [0, 0.05) is 16.8 Å². The number of fused-ring (bicyclic) bond motifs is 1. The molecule has 0 aliphatic carbocycles. The van der Waals surface area contributed by atoms with Gasteiger partial charge in [-0.3, -0.25) is 4.79 Å². The monoisotopic (exact) mass is 340 g/mol. The number of rotatable bonds is 2. The highest BCUT2D eigenvalue weighted by molar-refractivity contribution is 6.12. The molecule has 0 radical (unpaired) electrons. The number of amides is 1. The summed E-state index contributed by atoms with van der Waals surface area (Å²) in [5, 5.41) is 12.6. The Labute approximate surface area is 151 Å². The summed E-state index contributed by atoms with van der Waals surface area (Å²) >= 11 is 0. The smallest absolute Gasteiger partial charge is 0.244 e. The first-order chi connectivity index (χ1) is 12.6. The average Bonchev–Trinajstić information content (AvgIpc) is 2.96. The van der Waals surface area contributed by atoms with Gasteiger partial charge in [-0.25, -0.2) is 0 Å². The average molecular weight is 340 g/mol. The summed E-state index contributed by atoms with van der Waals surface area (Å²) in [4.78, 5) is 13.3. The highest BCUT2D eigenvalue weighted by Gasteiger charge is 2.50. The van der Waals surface area contributed by atoms with Gasteiger partial charge in [0.25, 0.3) is 0 Å². The Hall–Kier alpha value is -3.71. The molecule has 1 atom stereocenters. The number of nitrogens with one attached hydrogen (secondary N) is 1. The van der Waals surface area contributed by atoms with Crippen molar-refractivity contribution in [3.05, 3.63) is 89.0 Å². The molecule has 1 amide bonds. The van der Waals surface area contributed by atoms with E-state index in [0.29, 0.717) is 16.9 Å². The quantitative estimate of drug-likeness (QED) is 0.495. The standard InChI is InChI=1S/C22H16N2O2/c1-2-14-4-3-5-19-20(14)24-21(26)22(19,15-6-10-17(23)11-7-15)16-8-12-18(25)13-9-16/h1,3-13,25H,23H2,(H,24,26). The molecule has 0 fully saturated rings. The number of nitrogen functional groups attached to an aromatic ring is 1. The van der Waals surface area contributed by atoms with Crippen LogP contribution in [0.1, 0.15) is 22.3 Å². The van der Waals surface area contributed by atoms with Gasteiger partial charge >= 0.3 is 0 Å². The Kier molecular flexibility index (Phi) is 3.45. The first kappa shape index (κ1) is 15.8. The Balaban J connectivity index is 2.09. The van der Waals surface area contributed by atoms with Crippen molar-refractivity contribution in [1.82, 2.24) is 0 Å². The van der Waals surface area contributed by atoms with Crippen molar-refractivity contribution in [1.29, 1.82) is 0 Å². The van der Waals surface area contributed by atoms with E-state index in [1.807, 2.05) is 24.3 Å². The van der Waals surface area contributed by atoms with Crippen molar-refractivity contribution >= 4 is 17.3 Å². The number of phenols is 1. The predicted molar refractivity (Wildman–Crippen MR) is 102 cm³/mol. The van der Waals surface area contributed by atoms with Crippen LogP contribution in [0.3, 0.4) is 0 Å². The second-order valence-corrected chi connectivity index (χ2v) is 6.25. The number of carbonyl (C=O) groups is 1. The molecular formula is C22H16N2O2. The van der Waals surface area contributed by atoms with Crippen LogP contribution in [0.15, 0.2) is 66.7 Å². The van der Waals surface area contributed by atoms with Crippen LogP contribution in [-0.2, 0) is 10.2 Å². The van der Waals surface area contributed by atoms with Crippen molar-refractivity contribution in [3.8, 4) is 18.1 Å². The molecule has 26 heavy (non-hydrogen) atoms. The van der Waals surface area contributed by atoms with Crippen molar-refractivity contribution in [2.24, 2.45) is 0 Å². The molecule has 3 aromatic carbocycles. The van der Waals surface area contributed by atoms with Crippen LogP contribution in [0.2, 0.25) is 0 Å². The zero-order valence-electron chi connectivity index (χ0n) is 13.9. The van der Waals surface area contributed by atoms with Gasteiger partial charge in [0.2, 0.25) is 5.91 Å². The molecule has 1 aliphatic heterocycles. The van der Waals surface area contributed by atoms with E-state index in [9.17, 15) is 9.90 Å². The van der Waals surface area contributed by atoms with Crippen LogP contribution in [0.4, 0.5) is 11.4 Å². The summed E-state index contributed by atoms with van der Waals surface area (Å²) in [5.74, 6) is 2.58. The van der Waals surface area contributed by atoms with Crippen LogP contribution in [0, 0.1) is 12.3 Å². The predicted octanol–water partition coefficient (Wildman–Crippen LogP) is 3.24. The van der Waals surface area contributed by atoms with Gasteiger partial charge in [-0.1, -0.05) is 42.3 Å². The minimum Gasteiger partial charge on any atom is -0.508 e. The van der Waals surface area contributed by atoms with Crippen molar-refractivity contribution in [2.75, 3.05) is 11.1 Å². The summed E-state index contributed by atoms with van der Waals surface area (Å²) in [6.07, 6.45) is 5.62. The Morgan fingerprint density at radius 1 is 0.962 bits per heavy atom. The van der Waals surface area contributed by atoms with E-state index in [-0.39, 0.29) is 11.7 Å². The maximum atomic E-state index is 13.3. The summed E-state index contributed by atoms with van der Waals surface area (Å²) in [6.45, 7) is 0. The molecule has 4 heteroatoms. The first-order valence-electron chi connectivity index (χ1n) is 8.14.